The summed E-state index contributed by atoms with van der Waals surface area (Å²) >= 11 is 24.9. The van der Waals surface area contributed by atoms with E-state index in [0.29, 0.717) is 76.2 Å². The number of carboxylic acids is 1. The Morgan fingerprint density at radius 3 is 1.52 bits per heavy atom. The van der Waals surface area contributed by atoms with Crippen molar-refractivity contribution in [1.29, 1.82) is 0 Å². The molecule has 0 aliphatic carbocycles. The van der Waals surface area contributed by atoms with Gasteiger partial charge in [0, 0.05) is 50.6 Å². The minimum atomic E-state index is -1.23. The van der Waals surface area contributed by atoms with Gasteiger partial charge in [0.1, 0.15) is 24.3 Å². The number of rotatable bonds is 19. The molecule has 0 radical (unpaired) electrons. The van der Waals surface area contributed by atoms with Crippen LogP contribution in [0.5, 0.6) is 0 Å². The molecule has 6 atom stereocenters. The van der Waals surface area contributed by atoms with Crippen LogP contribution in [-0.4, -0.2) is 171 Å². The van der Waals surface area contributed by atoms with E-state index in [1.807, 2.05) is 36.4 Å². The number of ether oxygens (including phenoxy) is 4. The summed E-state index contributed by atoms with van der Waals surface area (Å²) in [5, 5.41) is 48.6. The van der Waals surface area contributed by atoms with Crippen LogP contribution in [0, 0.1) is 13.1 Å². The fourth-order valence-corrected chi connectivity index (χ4v) is 10.8. The highest BCUT2D eigenvalue weighted by molar-refractivity contribution is 6.40. The van der Waals surface area contributed by atoms with Gasteiger partial charge in [0.05, 0.1) is 107 Å². The minimum absolute atomic E-state index is 0.000735. The molecule has 472 valence electrons. The van der Waals surface area contributed by atoms with Crippen LogP contribution in [0.1, 0.15) is 94.7 Å². The highest BCUT2D eigenvalue weighted by Gasteiger charge is 2.32. The van der Waals surface area contributed by atoms with Crippen molar-refractivity contribution in [3.63, 3.8) is 0 Å². The molecule has 2 aromatic heterocycles. The lowest BCUT2D eigenvalue weighted by Gasteiger charge is -2.19. The first-order chi connectivity index (χ1) is 42.5. The Hall–Kier alpha value is -8.80. The van der Waals surface area contributed by atoms with Crippen molar-refractivity contribution in [3.8, 4) is 0 Å². The number of aromatic carboxylic acids is 1. The molecule has 2 unspecified atom stereocenters. The molecule has 10 N–H and O–H groups in total. The molecule has 4 aromatic carbocycles. The maximum Gasteiger partial charge on any atom is 0.338 e. The average Bonchev–Trinajstić information content (AvgIpc) is 3.53. The number of fused-ring (bicyclic) bond motifs is 2. The molecule has 8 rings (SSSR count). The standard InChI is InChI=1S/C29H31Cl2N7O6.C17H14Cl2N2O3.C12H19N5O4/c1-16(39)44-20-8-9-38(15-20)29(37-32-2)33-14-24(28(42)43-3)35-27(41)26-21(30)10-17(11-22(26)31)4-7-25(40)18-5-6-19-13-34-36-23(19)12-18;18-12-5-9(6-13(19)16(12)17(23)24)1-4-15(22)10-2-3-11-8-20-21-14(11)7-10;1-8(18)21-9-4-5-17(7-9)12(16-14-2)15-6-10(13)11(19)20-3/h5-6,10-13,20,24-25,40H,4,7-9,14-15H2,1,3H3,(H,33,37)(H,34,36)(H,35,41);2-3,5-8,15,22H,1,4H2,(H,20,21)(H,23,24);9-10H,4-7,13H2,1,3H3,(H,15,16)/t20-,24-,25?;;9-,10-/m0.0/s1. The number of H-pyrrole nitrogens is 2. The Kier molecular flexibility index (Phi) is 26.1. The molecule has 2 saturated heterocycles. The van der Waals surface area contributed by atoms with Crippen molar-refractivity contribution >= 4 is 116 Å². The van der Waals surface area contributed by atoms with Gasteiger partial charge in [-0.25, -0.2) is 19.6 Å². The van der Waals surface area contributed by atoms with E-state index in [-0.39, 0.29) is 68.4 Å². The van der Waals surface area contributed by atoms with E-state index in [0.717, 1.165) is 38.5 Å². The highest BCUT2D eigenvalue weighted by atomic mass is 35.5. The summed E-state index contributed by atoms with van der Waals surface area (Å²) in [4.78, 5) is 88.4. The first kappa shape index (κ1) is 69.3. The molecule has 4 heterocycles. The number of aliphatic hydroxyl groups is 2. The van der Waals surface area contributed by atoms with Crippen molar-refractivity contribution in [2.24, 2.45) is 15.7 Å². The van der Waals surface area contributed by atoms with Crippen molar-refractivity contribution in [2.75, 3.05) is 53.5 Å². The summed E-state index contributed by atoms with van der Waals surface area (Å²) in [6.07, 6.45) is 4.40. The van der Waals surface area contributed by atoms with Crippen LogP contribution in [0.2, 0.25) is 20.1 Å². The highest BCUT2D eigenvalue weighted by Crippen LogP contribution is 2.31. The first-order valence-corrected chi connectivity index (χ1v) is 28.8. The lowest BCUT2D eigenvalue weighted by molar-refractivity contribution is -0.146. The van der Waals surface area contributed by atoms with E-state index in [4.69, 9.17) is 84.6 Å². The summed E-state index contributed by atoms with van der Waals surface area (Å²) < 4.78 is 19.7. The molecular weight excluding hydrogens is 1240 g/mol. The maximum atomic E-state index is 13.2. The largest absolute Gasteiger partial charge is 0.478 e. The number of halogens is 4. The third kappa shape index (κ3) is 20.1. The van der Waals surface area contributed by atoms with Gasteiger partial charge in [-0.15, -0.1) is 0 Å². The zero-order valence-electron chi connectivity index (χ0n) is 48.5. The van der Waals surface area contributed by atoms with Gasteiger partial charge in [0.15, 0.2) is 0 Å². The molecule has 89 heavy (non-hydrogen) atoms. The van der Waals surface area contributed by atoms with Gasteiger partial charge in [-0.3, -0.25) is 29.4 Å². The number of nitrogens with zero attached hydrogens (tertiary/aromatic N) is 8. The second-order valence-electron chi connectivity index (χ2n) is 20.1. The SMILES string of the molecule is O=C(O)c1c(Cl)cc(CCC(O)c2ccc3cn[nH]c3c2)cc1Cl.[C-]#[N+]NC(=NC[C@H](N)C(=O)OC)N1CC[C@H](OC(C)=O)C1.[C-]#[N+]NC(=NC[C@H](NC(=O)c1c(Cl)cc(CCC(O)c2ccc3cn[nH]c3c2)cc1Cl)C(=O)OC)N1CC[C@H](OC(C)=O)C1. The van der Waals surface area contributed by atoms with Crippen molar-refractivity contribution in [3.05, 3.63) is 150 Å². The van der Waals surface area contributed by atoms with E-state index in [9.17, 15) is 39.0 Å². The third-order valence-electron chi connectivity index (χ3n) is 13.8. The molecule has 0 spiro atoms. The predicted octanol–water partition coefficient (Wildman–Crippen LogP) is 6.36. The van der Waals surface area contributed by atoms with E-state index in [1.165, 1.54) is 28.1 Å². The first-order valence-electron chi connectivity index (χ1n) is 27.3. The number of hydrogen-bond donors (Lipinski definition) is 9. The van der Waals surface area contributed by atoms with Crippen molar-refractivity contribution in [2.45, 2.75) is 88.9 Å². The number of aromatic amines is 2. The van der Waals surface area contributed by atoms with Gasteiger partial charge in [0.2, 0.25) is 0 Å². The van der Waals surface area contributed by atoms with Crippen LogP contribution in [0.25, 0.3) is 31.7 Å². The zero-order chi connectivity index (χ0) is 64.9. The summed E-state index contributed by atoms with van der Waals surface area (Å²) in [5.41, 5.74) is 15.0. The number of amides is 1. The monoisotopic (exact) mass is 1300 g/mol. The Balaban J connectivity index is 0.000000235. The molecule has 1 amide bonds. The fourth-order valence-electron chi connectivity index (χ4n) is 9.38. The van der Waals surface area contributed by atoms with Gasteiger partial charge in [0.25, 0.3) is 17.8 Å². The van der Waals surface area contributed by atoms with E-state index in [2.05, 4.69) is 61.2 Å². The fraction of sp³-hybridized carbons (Fsp3) is 0.379. The summed E-state index contributed by atoms with van der Waals surface area (Å²) in [7, 11) is 2.41. The Morgan fingerprint density at radius 2 is 1.11 bits per heavy atom. The van der Waals surface area contributed by atoms with Gasteiger partial charge < -0.3 is 55.1 Å². The predicted molar refractivity (Wildman–Crippen MR) is 329 cm³/mol. The number of carbonyl (C=O) groups is 6. The van der Waals surface area contributed by atoms with Gasteiger partial charge in [-0.05, 0) is 84.3 Å². The van der Waals surface area contributed by atoms with Crippen LogP contribution in [-0.2, 0) is 51.0 Å². The normalized spacial score (nSPS) is 16.0. The Labute approximate surface area is 530 Å². The number of guanidine groups is 2. The molecule has 0 saturated carbocycles. The number of methoxy groups -OCH3 is 2. The second kappa shape index (κ2) is 33.5. The van der Waals surface area contributed by atoms with Gasteiger partial charge in [-0.1, -0.05) is 81.5 Å². The quantitative estimate of drug-likeness (QED) is 0.0106. The number of aromatic nitrogens is 4. The number of likely N-dealkylation sites (tertiary alicyclic amines) is 2. The van der Waals surface area contributed by atoms with Crippen molar-refractivity contribution in [1.82, 2.24) is 46.4 Å². The zero-order valence-corrected chi connectivity index (χ0v) is 51.5. The average molecular weight is 1310 g/mol. The van der Waals surface area contributed by atoms with Gasteiger partial charge in [-0.2, -0.15) is 33.2 Å². The van der Waals surface area contributed by atoms with Crippen LogP contribution in [0.3, 0.4) is 0 Å². The summed E-state index contributed by atoms with van der Waals surface area (Å²) in [6.45, 7) is 18.3. The number of aryl methyl sites for hydroxylation is 2. The van der Waals surface area contributed by atoms with Crippen LogP contribution >= 0.6 is 46.4 Å². The van der Waals surface area contributed by atoms with Crippen LogP contribution in [0.4, 0.5) is 0 Å². The number of benzene rings is 4. The van der Waals surface area contributed by atoms with Crippen LogP contribution in [0.15, 0.2) is 83.0 Å². The molecule has 2 aliphatic heterocycles. The minimum Gasteiger partial charge on any atom is -0.478 e. The molecule has 27 nitrogen and oxygen atoms in total. The second-order valence-corrected chi connectivity index (χ2v) is 21.7. The number of nitrogens with two attached hydrogens (primary N) is 1. The Morgan fingerprint density at radius 1 is 0.685 bits per heavy atom. The molecule has 2 fully saturated rings. The van der Waals surface area contributed by atoms with E-state index < -0.39 is 54.1 Å². The molecular formula is C58H64Cl4N14O13. The Bertz CT molecular complexity index is 3620. The molecule has 6 aromatic rings. The number of hydrogen-bond acceptors (Lipinski definition) is 17. The molecule has 31 heteroatoms. The van der Waals surface area contributed by atoms with Gasteiger partial charge >= 0.3 is 29.8 Å². The lowest BCUT2D eigenvalue weighted by Crippen LogP contribution is -2.45. The summed E-state index contributed by atoms with van der Waals surface area (Å²) in [5.74, 6) is -3.51. The molecule has 0 bridgehead atoms. The number of carboxylic acid groups (broad SMARTS) is 1. The topological polar surface area (TPSA) is 359 Å². The number of carbonyl (C=O) groups excluding carboxylic acids is 5. The van der Waals surface area contributed by atoms with E-state index >= 15 is 0 Å². The van der Waals surface area contributed by atoms with Crippen LogP contribution < -0.4 is 21.9 Å². The van der Waals surface area contributed by atoms with E-state index in [1.54, 1.807) is 46.5 Å². The number of aliphatic imine (C=N–C) groups is 2. The maximum absolute atomic E-state index is 13.2. The smallest absolute Gasteiger partial charge is 0.338 e. The summed E-state index contributed by atoms with van der Waals surface area (Å²) in [6, 6.07) is 15.4. The number of nitrogens with one attached hydrogen (secondary N) is 5. The number of esters is 4. The molecule has 2 aliphatic rings. The lowest BCUT2D eigenvalue weighted by atomic mass is 9.99. The van der Waals surface area contributed by atoms with Crippen molar-refractivity contribution < 1.29 is 63.0 Å². The number of aliphatic hydroxyl groups excluding tert-OH is 2. The third-order valence-corrected chi connectivity index (χ3v) is 15.0.